The van der Waals surface area contributed by atoms with Gasteiger partial charge in [0.1, 0.15) is 6.33 Å². The summed E-state index contributed by atoms with van der Waals surface area (Å²) in [6.45, 7) is 3.16. The Morgan fingerprint density at radius 1 is 1.38 bits per heavy atom. The Morgan fingerprint density at radius 3 is 3.08 bits per heavy atom. The number of hydrogen-bond donors (Lipinski definition) is 1. The van der Waals surface area contributed by atoms with Gasteiger partial charge >= 0.3 is 5.97 Å². The van der Waals surface area contributed by atoms with E-state index in [0.717, 1.165) is 43.7 Å². The molecule has 1 aromatic heterocycles. The summed E-state index contributed by atoms with van der Waals surface area (Å²) in [4.78, 5) is 21.6. The molecule has 1 aromatic carbocycles. The van der Waals surface area contributed by atoms with E-state index >= 15 is 0 Å². The number of rotatable bonds is 6. The van der Waals surface area contributed by atoms with Crippen molar-refractivity contribution in [2.45, 2.75) is 25.5 Å². The maximum Gasteiger partial charge on any atom is 0.335 e. The molecule has 1 atom stereocenters. The first-order valence-corrected chi connectivity index (χ1v) is 8.12. The number of carboxylic acid groups (broad SMARTS) is 1. The molecule has 1 N–H and O–H groups in total. The SMILES string of the molecule is O=C(O)c1cccc(CN2CCO[C@@H](CCc3ccncn3)C2)c1. The lowest BCUT2D eigenvalue weighted by Gasteiger charge is -2.33. The summed E-state index contributed by atoms with van der Waals surface area (Å²) in [6.07, 6.45) is 5.29. The van der Waals surface area contributed by atoms with E-state index in [1.54, 1.807) is 30.7 Å². The van der Waals surface area contributed by atoms with E-state index in [2.05, 4.69) is 14.9 Å². The first-order chi connectivity index (χ1) is 11.7. The minimum atomic E-state index is -0.887. The predicted octanol–water partition coefficient (Wildman–Crippen LogP) is 2.01. The van der Waals surface area contributed by atoms with Crippen molar-refractivity contribution in [1.82, 2.24) is 14.9 Å². The van der Waals surface area contributed by atoms with Gasteiger partial charge in [0.25, 0.3) is 0 Å². The first-order valence-electron chi connectivity index (χ1n) is 8.12. The zero-order valence-electron chi connectivity index (χ0n) is 13.5. The highest BCUT2D eigenvalue weighted by atomic mass is 16.5. The molecular weight excluding hydrogens is 306 g/mol. The summed E-state index contributed by atoms with van der Waals surface area (Å²) < 4.78 is 5.85. The van der Waals surface area contributed by atoms with Gasteiger partial charge in [-0.3, -0.25) is 4.90 Å². The number of carbonyl (C=O) groups is 1. The van der Waals surface area contributed by atoms with Crippen LogP contribution in [0.2, 0.25) is 0 Å². The number of hydrogen-bond acceptors (Lipinski definition) is 5. The minimum Gasteiger partial charge on any atom is -0.478 e. The van der Waals surface area contributed by atoms with Gasteiger partial charge in [-0.1, -0.05) is 12.1 Å². The lowest BCUT2D eigenvalue weighted by molar-refractivity contribution is -0.0346. The number of ether oxygens (including phenoxy) is 1. The monoisotopic (exact) mass is 327 g/mol. The fourth-order valence-corrected chi connectivity index (χ4v) is 2.93. The van der Waals surface area contributed by atoms with Gasteiger partial charge in [-0.25, -0.2) is 14.8 Å². The lowest BCUT2D eigenvalue weighted by Crippen LogP contribution is -2.42. The predicted molar refractivity (Wildman–Crippen MR) is 88.8 cm³/mol. The highest BCUT2D eigenvalue weighted by Gasteiger charge is 2.20. The van der Waals surface area contributed by atoms with E-state index in [1.807, 2.05) is 12.1 Å². The second-order valence-electron chi connectivity index (χ2n) is 5.97. The Hall–Kier alpha value is -2.31. The third-order valence-electron chi connectivity index (χ3n) is 4.17. The molecule has 0 aliphatic carbocycles. The largest absolute Gasteiger partial charge is 0.478 e. The molecule has 2 heterocycles. The van der Waals surface area contributed by atoms with Crippen molar-refractivity contribution in [3.63, 3.8) is 0 Å². The van der Waals surface area contributed by atoms with Crippen LogP contribution in [0, 0.1) is 0 Å². The smallest absolute Gasteiger partial charge is 0.335 e. The molecule has 24 heavy (non-hydrogen) atoms. The molecule has 3 rings (SSSR count). The number of aromatic carboxylic acids is 1. The van der Waals surface area contributed by atoms with Crippen LogP contribution >= 0.6 is 0 Å². The average Bonchev–Trinajstić information content (AvgIpc) is 2.61. The van der Waals surface area contributed by atoms with E-state index in [1.165, 1.54) is 0 Å². The molecule has 126 valence electrons. The highest BCUT2D eigenvalue weighted by Crippen LogP contribution is 2.15. The fourth-order valence-electron chi connectivity index (χ4n) is 2.93. The van der Waals surface area contributed by atoms with E-state index in [9.17, 15) is 4.79 Å². The van der Waals surface area contributed by atoms with Crippen LogP contribution in [-0.2, 0) is 17.7 Å². The van der Waals surface area contributed by atoms with Gasteiger partial charge in [0, 0.05) is 31.5 Å². The van der Waals surface area contributed by atoms with Crippen LogP contribution in [0.3, 0.4) is 0 Å². The molecule has 0 unspecified atom stereocenters. The zero-order chi connectivity index (χ0) is 16.8. The maximum atomic E-state index is 11.1. The Balaban J connectivity index is 1.53. The average molecular weight is 327 g/mol. The van der Waals surface area contributed by atoms with Crippen LogP contribution in [-0.4, -0.2) is 51.7 Å². The van der Waals surface area contributed by atoms with Crippen LogP contribution in [0.4, 0.5) is 0 Å². The van der Waals surface area contributed by atoms with Gasteiger partial charge in [0.05, 0.1) is 18.3 Å². The Labute approximate surface area is 141 Å². The van der Waals surface area contributed by atoms with Crippen molar-refractivity contribution in [2.75, 3.05) is 19.7 Å². The summed E-state index contributed by atoms with van der Waals surface area (Å²) >= 11 is 0. The Bertz CT molecular complexity index is 678. The van der Waals surface area contributed by atoms with Crippen LogP contribution in [0.1, 0.15) is 28.0 Å². The van der Waals surface area contributed by atoms with E-state index in [4.69, 9.17) is 9.84 Å². The molecule has 0 bridgehead atoms. The third-order valence-corrected chi connectivity index (χ3v) is 4.17. The molecule has 6 nitrogen and oxygen atoms in total. The minimum absolute atomic E-state index is 0.177. The number of aryl methyl sites for hydroxylation is 1. The zero-order valence-corrected chi connectivity index (χ0v) is 13.5. The first kappa shape index (κ1) is 16.5. The summed E-state index contributed by atoms with van der Waals surface area (Å²) in [5.41, 5.74) is 2.38. The van der Waals surface area contributed by atoms with Crippen molar-refractivity contribution in [2.24, 2.45) is 0 Å². The topological polar surface area (TPSA) is 75.5 Å². The van der Waals surface area contributed by atoms with E-state index in [0.29, 0.717) is 12.2 Å². The summed E-state index contributed by atoms with van der Waals surface area (Å²) in [6, 6.07) is 9.06. The molecule has 6 heteroatoms. The van der Waals surface area contributed by atoms with Crippen LogP contribution in [0.5, 0.6) is 0 Å². The molecule has 0 saturated carbocycles. The molecule has 0 radical (unpaired) electrons. The molecule has 0 spiro atoms. The quantitative estimate of drug-likeness (QED) is 0.875. The third kappa shape index (κ3) is 4.59. The van der Waals surface area contributed by atoms with E-state index < -0.39 is 5.97 Å². The Morgan fingerprint density at radius 2 is 2.29 bits per heavy atom. The van der Waals surface area contributed by atoms with Gasteiger partial charge < -0.3 is 9.84 Å². The van der Waals surface area contributed by atoms with E-state index in [-0.39, 0.29) is 6.10 Å². The molecule has 2 aromatic rings. The van der Waals surface area contributed by atoms with Crippen molar-refractivity contribution < 1.29 is 14.6 Å². The van der Waals surface area contributed by atoms with Crippen molar-refractivity contribution in [3.05, 3.63) is 59.7 Å². The summed E-state index contributed by atoms with van der Waals surface area (Å²) in [5.74, 6) is -0.887. The van der Waals surface area contributed by atoms with Gasteiger partial charge in [-0.2, -0.15) is 0 Å². The number of morpholine rings is 1. The van der Waals surface area contributed by atoms with Gasteiger partial charge in [-0.05, 0) is 36.6 Å². The second-order valence-corrected chi connectivity index (χ2v) is 5.97. The fraction of sp³-hybridized carbons (Fsp3) is 0.389. The summed E-state index contributed by atoms with van der Waals surface area (Å²) in [5, 5.41) is 9.09. The van der Waals surface area contributed by atoms with Gasteiger partial charge in [-0.15, -0.1) is 0 Å². The van der Waals surface area contributed by atoms with Crippen molar-refractivity contribution in [1.29, 1.82) is 0 Å². The maximum absolute atomic E-state index is 11.1. The molecule has 1 aliphatic heterocycles. The second kappa shape index (κ2) is 7.99. The number of aromatic nitrogens is 2. The lowest BCUT2D eigenvalue weighted by atomic mass is 10.1. The number of carboxylic acids is 1. The highest BCUT2D eigenvalue weighted by molar-refractivity contribution is 5.87. The number of benzene rings is 1. The van der Waals surface area contributed by atoms with Crippen molar-refractivity contribution >= 4 is 5.97 Å². The standard InChI is InChI=1S/C18H21N3O3/c22-18(23)15-3-1-2-14(10-15)11-21-8-9-24-17(12-21)5-4-16-6-7-19-13-20-16/h1-3,6-7,10,13,17H,4-5,8-9,11-12H2,(H,22,23)/t17-/m0/s1. The Kier molecular flexibility index (Phi) is 5.51. The molecule has 1 fully saturated rings. The van der Waals surface area contributed by atoms with Crippen LogP contribution < -0.4 is 0 Å². The van der Waals surface area contributed by atoms with Crippen LogP contribution in [0.25, 0.3) is 0 Å². The van der Waals surface area contributed by atoms with Gasteiger partial charge in [0.2, 0.25) is 0 Å². The molecule has 1 aliphatic rings. The molecule has 1 saturated heterocycles. The van der Waals surface area contributed by atoms with Gasteiger partial charge in [0.15, 0.2) is 0 Å². The molecule has 0 amide bonds. The number of nitrogens with zero attached hydrogens (tertiary/aromatic N) is 3. The summed E-state index contributed by atoms with van der Waals surface area (Å²) in [7, 11) is 0. The van der Waals surface area contributed by atoms with Crippen LogP contribution in [0.15, 0.2) is 42.9 Å². The van der Waals surface area contributed by atoms with Crippen molar-refractivity contribution in [3.8, 4) is 0 Å². The molecular formula is C18H21N3O3. The normalized spacial score (nSPS) is 18.4.